The minimum absolute atomic E-state index is 0.0471. The van der Waals surface area contributed by atoms with Crippen molar-refractivity contribution in [2.24, 2.45) is 0 Å². The van der Waals surface area contributed by atoms with Gasteiger partial charge in [-0.25, -0.2) is 0 Å². The summed E-state index contributed by atoms with van der Waals surface area (Å²) in [6.45, 7) is 0.494. The van der Waals surface area contributed by atoms with Gasteiger partial charge >= 0.3 is 0 Å². The number of nitrogens with zero attached hydrogens (tertiary/aromatic N) is 2. The molecule has 0 bridgehead atoms. The van der Waals surface area contributed by atoms with Gasteiger partial charge in [0.1, 0.15) is 5.58 Å². The van der Waals surface area contributed by atoms with E-state index >= 15 is 0 Å². The van der Waals surface area contributed by atoms with Crippen molar-refractivity contribution < 1.29 is 4.42 Å². The molecule has 0 fully saturated rings. The molecule has 0 spiro atoms. The third kappa shape index (κ3) is 1.92. The zero-order valence-electron chi connectivity index (χ0n) is 11.2. The van der Waals surface area contributed by atoms with Crippen LogP contribution in [0.15, 0.2) is 70.3 Å². The number of fused-ring (bicyclic) bond motifs is 2. The van der Waals surface area contributed by atoms with E-state index in [9.17, 15) is 4.79 Å². The molecule has 0 aliphatic carbocycles. The predicted molar refractivity (Wildman–Crippen MR) is 81.3 cm³/mol. The van der Waals surface area contributed by atoms with Gasteiger partial charge < -0.3 is 8.98 Å². The molecule has 0 saturated carbocycles. The number of pyridine rings is 2. The zero-order valence-corrected chi connectivity index (χ0v) is 11.2. The van der Waals surface area contributed by atoms with E-state index in [1.807, 2.05) is 36.4 Å². The van der Waals surface area contributed by atoms with Crippen molar-refractivity contribution in [2.75, 3.05) is 0 Å². The molecule has 0 N–H and O–H groups in total. The second-order valence-electron chi connectivity index (χ2n) is 4.94. The average molecular weight is 276 g/mol. The lowest BCUT2D eigenvalue weighted by Gasteiger charge is -2.08. The Morgan fingerprint density at radius 3 is 2.95 bits per heavy atom. The molecule has 0 saturated heterocycles. The summed E-state index contributed by atoms with van der Waals surface area (Å²) in [7, 11) is 0. The first-order valence-corrected chi connectivity index (χ1v) is 6.72. The van der Waals surface area contributed by atoms with Gasteiger partial charge in [-0.05, 0) is 23.8 Å². The van der Waals surface area contributed by atoms with Gasteiger partial charge in [0, 0.05) is 17.8 Å². The Morgan fingerprint density at radius 1 is 1.10 bits per heavy atom. The summed E-state index contributed by atoms with van der Waals surface area (Å²) in [5, 5.41) is 1.68. The molecule has 1 aromatic carbocycles. The molecule has 0 amide bonds. The second-order valence-corrected chi connectivity index (χ2v) is 4.94. The van der Waals surface area contributed by atoms with E-state index in [1.54, 1.807) is 23.0 Å². The Balaban J connectivity index is 1.87. The van der Waals surface area contributed by atoms with Crippen LogP contribution >= 0.6 is 0 Å². The molecule has 21 heavy (non-hydrogen) atoms. The molecular formula is C17H12N2O2. The molecule has 3 heterocycles. The molecule has 102 valence electrons. The summed E-state index contributed by atoms with van der Waals surface area (Å²) in [6.07, 6.45) is 5.07. The summed E-state index contributed by atoms with van der Waals surface area (Å²) >= 11 is 0. The number of hydrogen-bond acceptors (Lipinski definition) is 3. The molecule has 0 aliphatic rings. The van der Waals surface area contributed by atoms with Crippen LogP contribution in [0.4, 0.5) is 0 Å². The number of benzene rings is 1. The van der Waals surface area contributed by atoms with Crippen LogP contribution in [0, 0.1) is 0 Å². The fourth-order valence-electron chi connectivity index (χ4n) is 2.61. The predicted octanol–water partition coefficient (Wildman–Crippen LogP) is 3.19. The third-order valence-corrected chi connectivity index (χ3v) is 3.65. The lowest BCUT2D eigenvalue weighted by molar-refractivity contribution is 0.613. The fraction of sp³-hybridized carbons (Fsp3) is 0.0588. The molecule has 0 atom stereocenters. The van der Waals surface area contributed by atoms with Gasteiger partial charge in [-0.3, -0.25) is 9.78 Å². The van der Waals surface area contributed by atoms with Gasteiger partial charge in [0.25, 0.3) is 5.56 Å². The summed E-state index contributed by atoms with van der Waals surface area (Å²) < 4.78 is 6.93. The molecule has 3 aromatic heterocycles. The topological polar surface area (TPSA) is 48.0 Å². The Morgan fingerprint density at radius 2 is 2.00 bits per heavy atom. The zero-order chi connectivity index (χ0) is 14.2. The number of furan rings is 1. The van der Waals surface area contributed by atoms with Crippen molar-refractivity contribution >= 4 is 21.9 Å². The van der Waals surface area contributed by atoms with E-state index in [-0.39, 0.29) is 5.56 Å². The molecule has 0 aliphatic heterocycles. The van der Waals surface area contributed by atoms with E-state index in [2.05, 4.69) is 4.98 Å². The van der Waals surface area contributed by atoms with Gasteiger partial charge in [-0.2, -0.15) is 0 Å². The normalized spacial score (nSPS) is 11.2. The monoisotopic (exact) mass is 276 g/mol. The maximum Gasteiger partial charge on any atom is 0.262 e. The first-order valence-electron chi connectivity index (χ1n) is 6.72. The van der Waals surface area contributed by atoms with Crippen LogP contribution in [0.1, 0.15) is 5.56 Å². The number of para-hydroxylation sites is 1. The fourth-order valence-corrected chi connectivity index (χ4v) is 2.61. The molecule has 4 heteroatoms. The molecule has 4 nitrogen and oxygen atoms in total. The summed E-state index contributed by atoms with van der Waals surface area (Å²) in [6, 6.07) is 13.5. The molecule has 0 unspecified atom stereocenters. The summed E-state index contributed by atoms with van der Waals surface area (Å²) in [5.41, 5.74) is 2.53. The smallest absolute Gasteiger partial charge is 0.262 e. The van der Waals surface area contributed by atoms with Crippen LogP contribution < -0.4 is 5.56 Å². The molecule has 0 radical (unpaired) electrons. The van der Waals surface area contributed by atoms with Crippen molar-refractivity contribution in [1.29, 1.82) is 0 Å². The second kappa shape index (κ2) is 4.59. The number of aromatic nitrogens is 2. The van der Waals surface area contributed by atoms with Crippen LogP contribution in [-0.4, -0.2) is 9.55 Å². The SMILES string of the molecule is O=c1c2ccoc2ccn1Cc1cccc2cccnc12. The van der Waals surface area contributed by atoms with Crippen molar-refractivity contribution in [1.82, 2.24) is 9.55 Å². The molecule has 4 rings (SSSR count). The lowest BCUT2D eigenvalue weighted by Crippen LogP contribution is -2.19. The van der Waals surface area contributed by atoms with Crippen molar-refractivity contribution in [2.45, 2.75) is 6.54 Å². The first kappa shape index (κ1) is 11.9. The van der Waals surface area contributed by atoms with Gasteiger partial charge in [-0.1, -0.05) is 24.3 Å². The van der Waals surface area contributed by atoms with E-state index in [4.69, 9.17) is 4.42 Å². The van der Waals surface area contributed by atoms with E-state index in [0.29, 0.717) is 17.5 Å². The molecular weight excluding hydrogens is 264 g/mol. The summed E-state index contributed by atoms with van der Waals surface area (Å²) in [5.74, 6) is 0. The quantitative estimate of drug-likeness (QED) is 0.565. The van der Waals surface area contributed by atoms with Crippen molar-refractivity contribution in [3.8, 4) is 0 Å². The van der Waals surface area contributed by atoms with Crippen molar-refractivity contribution in [3.05, 3.63) is 77.0 Å². The van der Waals surface area contributed by atoms with Crippen LogP contribution in [0.3, 0.4) is 0 Å². The van der Waals surface area contributed by atoms with E-state index in [1.165, 1.54) is 6.26 Å². The highest BCUT2D eigenvalue weighted by Gasteiger charge is 2.07. The number of rotatable bonds is 2. The highest BCUT2D eigenvalue weighted by atomic mass is 16.3. The minimum Gasteiger partial charge on any atom is -0.464 e. The summed E-state index contributed by atoms with van der Waals surface area (Å²) in [4.78, 5) is 16.8. The third-order valence-electron chi connectivity index (χ3n) is 3.65. The van der Waals surface area contributed by atoms with Crippen LogP contribution in [0.25, 0.3) is 21.9 Å². The number of hydrogen-bond donors (Lipinski definition) is 0. The lowest BCUT2D eigenvalue weighted by atomic mass is 10.1. The standard InChI is InChI=1S/C17H12N2O2/c20-17-14-7-10-21-15(14)6-9-19(17)11-13-4-1-3-12-5-2-8-18-16(12)13/h1-10H,11H2. The van der Waals surface area contributed by atoms with Crippen LogP contribution in [-0.2, 0) is 6.54 Å². The Kier molecular flexibility index (Phi) is 2.60. The largest absolute Gasteiger partial charge is 0.464 e. The Bertz CT molecular complexity index is 993. The van der Waals surface area contributed by atoms with Gasteiger partial charge in [-0.15, -0.1) is 0 Å². The Labute approximate surface area is 120 Å². The van der Waals surface area contributed by atoms with Gasteiger partial charge in [0.05, 0.1) is 23.7 Å². The highest BCUT2D eigenvalue weighted by Crippen LogP contribution is 2.17. The van der Waals surface area contributed by atoms with E-state index in [0.717, 1.165) is 16.5 Å². The van der Waals surface area contributed by atoms with Crippen LogP contribution in [0.5, 0.6) is 0 Å². The van der Waals surface area contributed by atoms with Crippen LogP contribution in [0.2, 0.25) is 0 Å². The maximum absolute atomic E-state index is 12.4. The average Bonchev–Trinajstić information content (AvgIpc) is 3.00. The first-order chi connectivity index (χ1) is 10.3. The highest BCUT2D eigenvalue weighted by molar-refractivity contribution is 5.81. The van der Waals surface area contributed by atoms with E-state index < -0.39 is 0 Å². The minimum atomic E-state index is -0.0471. The Hall–Kier alpha value is -2.88. The van der Waals surface area contributed by atoms with Crippen molar-refractivity contribution in [3.63, 3.8) is 0 Å². The molecule has 4 aromatic rings. The maximum atomic E-state index is 12.4. The van der Waals surface area contributed by atoms with Gasteiger partial charge in [0.15, 0.2) is 0 Å². The van der Waals surface area contributed by atoms with Gasteiger partial charge in [0.2, 0.25) is 0 Å².